The summed E-state index contributed by atoms with van der Waals surface area (Å²) in [4.78, 5) is 0. The van der Waals surface area contributed by atoms with Crippen molar-refractivity contribution in [3.05, 3.63) is 41.5 Å². The highest BCUT2D eigenvalue weighted by Crippen LogP contribution is 2.20. The molecule has 1 aromatic rings. The van der Waals surface area contributed by atoms with E-state index < -0.39 is 11.7 Å². The van der Waals surface area contributed by atoms with Crippen LogP contribution in [0.15, 0.2) is 35.9 Å². The lowest BCUT2D eigenvalue weighted by molar-refractivity contribution is -0.0592. The van der Waals surface area contributed by atoms with Crippen LogP contribution in [0.1, 0.15) is 39.2 Å². The number of aliphatic hydroxyl groups excluding tert-OH is 1. The van der Waals surface area contributed by atoms with Crippen LogP contribution < -0.4 is 5.32 Å². The van der Waals surface area contributed by atoms with E-state index in [4.69, 9.17) is 0 Å². The van der Waals surface area contributed by atoms with Crippen LogP contribution in [0.2, 0.25) is 0 Å². The minimum Gasteiger partial charge on any atom is -0.388 e. The number of anilines is 1. The van der Waals surface area contributed by atoms with Gasteiger partial charge in [-0.3, -0.25) is 0 Å². The van der Waals surface area contributed by atoms with Crippen LogP contribution in [0.3, 0.4) is 0 Å². The number of aryl methyl sites for hydroxylation is 1. The fourth-order valence-corrected chi connectivity index (χ4v) is 2.02. The van der Waals surface area contributed by atoms with Gasteiger partial charge in [-0.1, -0.05) is 29.8 Å². The Labute approximate surface area is 122 Å². The Hall–Kier alpha value is -1.32. The van der Waals surface area contributed by atoms with Gasteiger partial charge in [0.25, 0.3) is 0 Å². The van der Waals surface area contributed by atoms with Crippen LogP contribution in [0.4, 0.5) is 5.69 Å². The Kier molecular flexibility index (Phi) is 6.24. The van der Waals surface area contributed by atoms with E-state index in [1.807, 2.05) is 45.0 Å². The molecular formula is C17H27NO2. The smallest absolute Gasteiger partial charge is 0.0996 e. The fraction of sp³-hybridized carbons (Fsp3) is 0.529. The summed E-state index contributed by atoms with van der Waals surface area (Å²) >= 11 is 0. The molecule has 0 radical (unpaired) electrons. The van der Waals surface area contributed by atoms with E-state index >= 15 is 0 Å². The molecule has 20 heavy (non-hydrogen) atoms. The number of nitrogens with one attached hydrogen (secondary N) is 1. The normalized spacial score (nSPS) is 15.3. The second-order valence-electron chi connectivity index (χ2n) is 5.89. The summed E-state index contributed by atoms with van der Waals surface area (Å²) in [5.41, 5.74) is 2.27. The first kappa shape index (κ1) is 16.7. The maximum Gasteiger partial charge on any atom is 0.0996 e. The van der Waals surface area contributed by atoms with Gasteiger partial charge in [-0.25, -0.2) is 0 Å². The number of rotatable bonds is 7. The van der Waals surface area contributed by atoms with Gasteiger partial charge in [0, 0.05) is 12.2 Å². The predicted molar refractivity (Wildman–Crippen MR) is 85.0 cm³/mol. The summed E-state index contributed by atoms with van der Waals surface area (Å²) in [6, 6.07) is 7.92. The zero-order chi connectivity index (χ0) is 15.2. The molecule has 0 aliphatic rings. The van der Waals surface area contributed by atoms with Gasteiger partial charge in [-0.05, 0) is 52.2 Å². The molecule has 3 heteroatoms. The molecule has 0 heterocycles. The number of benzene rings is 1. The standard InChI is InChI=1S/C17H27NO2/c1-13(2)8-7-11-17(4,20)16(19)12-18-15-10-6-5-9-14(15)3/h5-6,8-10,16,18-20H,7,11-12H2,1-4H3. The minimum absolute atomic E-state index is 0.340. The number of hydrogen-bond acceptors (Lipinski definition) is 3. The van der Waals surface area contributed by atoms with Crippen molar-refractivity contribution in [2.24, 2.45) is 0 Å². The van der Waals surface area contributed by atoms with Crippen molar-refractivity contribution in [2.75, 3.05) is 11.9 Å². The average Bonchev–Trinajstić information content (AvgIpc) is 2.36. The lowest BCUT2D eigenvalue weighted by Gasteiger charge is -2.29. The third-order valence-electron chi connectivity index (χ3n) is 3.55. The molecule has 0 aromatic heterocycles. The molecule has 0 fully saturated rings. The molecule has 3 N–H and O–H groups in total. The van der Waals surface area contributed by atoms with Crippen molar-refractivity contribution in [3.63, 3.8) is 0 Å². The molecule has 0 spiro atoms. The molecule has 0 amide bonds. The maximum absolute atomic E-state index is 10.3. The summed E-state index contributed by atoms with van der Waals surface area (Å²) < 4.78 is 0. The lowest BCUT2D eigenvalue weighted by Crippen LogP contribution is -2.43. The van der Waals surface area contributed by atoms with Gasteiger partial charge in [0.1, 0.15) is 0 Å². The second-order valence-corrected chi connectivity index (χ2v) is 5.89. The Balaban J connectivity index is 2.50. The minimum atomic E-state index is -1.08. The molecule has 0 saturated heterocycles. The molecular weight excluding hydrogens is 250 g/mol. The topological polar surface area (TPSA) is 52.5 Å². The molecule has 0 saturated carbocycles. The molecule has 2 unspecified atom stereocenters. The number of aliphatic hydroxyl groups is 2. The van der Waals surface area contributed by atoms with Crippen molar-refractivity contribution in [1.29, 1.82) is 0 Å². The number of hydrogen-bond donors (Lipinski definition) is 3. The molecule has 2 atom stereocenters. The van der Waals surface area contributed by atoms with Crippen LogP contribution in [-0.4, -0.2) is 28.5 Å². The van der Waals surface area contributed by atoms with Gasteiger partial charge in [-0.15, -0.1) is 0 Å². The first-order valence-electron chi connectivity index (χ1n) is 7.16. The highest BCUT2D eigenvalue weighted by molar-refractivity contribution is 5.50. The molecule has 1 rings (SSSR count). The van der Waals surface area contributed by atoms with E-state index in [0.29, 0.717) is 13.0 Å². The van der Waals surface area contributed by atoms with Crippen molar-refractivity contribution < 1.29 is 10.2 Å². The zero-order valence-electron chi connectivity index (χ0n) is 13.0. The summed E-state index contributed by atoms with van der Waals surface area (Å²) in [7, 11) is 0. The maximum atomic E-state index is 10.3. The second kappa shape index (κ2) is 7.46. The summed E-state index contributed by atoms with van der Waals surface area (Å²) in [5, 5.41) is 23.7. The molecule has 0 aliphatic carbocycles. The van der Waals surface area contributed by atoms with Gasteiger partial charge >= 0.3 is 0 Å². The van der Waals surface area contributed by atoms with Crippen LogP contribution >= 0.6 is 0 Å². The summed E-state index contributed by atoms with van der Waals surface area (Å²) in [6.07, 6.45) is 2.61. The summed E-state index contributed by atoms with van der Waals surface area (Å²) in [6.45, 7) is 8.11. The molecule has 0 bridgehead atoms. The zero-order valence-corrected chi connectivity index (χ0v) is 13.0. The van der Waals surface area contributed by atoms with Crippen molar-refractivity contribution >= 4 is 5.69 Å². The first-order valence-corrected chi connectivity index (χ1v) is 7.16. The van der Waals surface area contributed by atoms with Gasteiger partial charge < -0.3 is 15.5 Å². The molecule has 3 nitrogen and oxygen atoms in total. The van der Waals surface area contributed by atoms with Crippen molar-refractivity contribution in [3.8, 4) is 0 Å². The molecule has 112 valence electrons. The Morgan fingerprint density at radius 2 is 2.00 bits per heavy atom. The average molecular weight is 277 g/mol. The van der Waals surface area contributed by atoms with E-state index in [-0.39, 0.29) is 0 Å². The van der Waals surface area contributed by atoms with Crippen LogP contribution in [0.5, 0.6) is 0 Å². The van der Waals surface area contributed by atoms with E-state index in [0.717, 1.165) is 17.7 Å². The number of allylic oxidation sites excluding steroid dienone is 2. The lowest BCUT2D eigenvalue weighted by atomic mass is 9.92. The van der Waals surface area contributed by atoms with Gasteiger partial charge in [0.15, 0.2) is 0 Å². The summed E-state index contributed by atoms with van der Waals surface area (Å²) in [5.74, 6) is 0. The van der Waals surface area contributed by atoms with Crippen LogP contribution in [0.25, 0.3) is 0 Å². The predicted octanol–water partition coefficient (Wildman–Crippen LogP) is 3.27. The van der Waals surface area contributed by atoms with E-state index in [2.05, 4.69) is 11.4 Å². The van der Waals surface area contributed by atoms with Crippen LogP contribution in [0, 0.1) is 6.92 Å². The van der Waals surface area contributed by atoms with Crippen molar-refractivity contribution in [1.82, 2.24) is 0 Å². The Morgan fingerprint density at radius 1 is 1.35 bits per heavy atom. The van der Waals surface area contributed by atoms with Gasteiger partial charge in [0.2, 0.25) is 0 Å². The molecule has 0 aliphatic heterocycles. The monoisotopic (exact) mass is 277 g/mol. The Bertz CT molecular complexity index is 448. The SMILES string of the molecule is CC(C)=CCCC(C)(O)C(O)CNc1ccccc1C. The highest BCUT2D eigenvalue weighted by Gasteiger charge is 2.29. The van der Waals surface area contributed by atoms with Crippen molar-refractivity contribution in [2.45, 2.75) is 52.2 Å². The largest absolute Gasteiger partial charge is 0.388 e. The fourth-order valence-electron chi connectivity index (χ4n) is 2.02. The third kappa shape index (κ3) is 5.35. The molecule has 1 aromatic carbocycles. The van der Waals surface area contributed by atoms with E-state index in [1.54, 1.807) is 6.92 Å². The first-order chi connectivity index (χ1) is 9.33. The third-order valence-corrected chi connectivity index (χ3v) is 3.55. The van der Waals surface area contributed by atoms with E-state index in [9.17, 15) is 10.2 Å². The quantitative estimate of drug-likeness (QED) is 0.670. The Morgan fingerprint density at radius 3 is 2.60 bits per heavy atom. The van der Waals surface area contributed by atoms with Crippen LogP contribution in [-0.2, 0) is 0 Å². The van der Waals surface area contributed by atoms with E-state index in [1.165, 1.54) is 5.57 Å². The highest BCUT2D eigenvalue weighted by atomic mass is 16.3. The number of para-hydroxylation sites is 1. The van der Waals surface area contributed by atoms with Gasteiger partial charge in [0.05, 0.1) is 11.7 Å². The van der Waals surface area contributed by atoms with Gasteiger partial charge in [-0.2, -0.15) is 0 Å².